The van der Waals surface area contributed by atoms with Gasteiger partial charge < -0.3 is 15.2 Å². The van der Waals surface area contributed by atoms with Crippen molar-refractivity contribution < 1.29 is 9.72 Å². The van der Waals surface area contributed by atoms with E-state index in [-0.39, 0.29) is 16.4 Å². The van der Waals surface area contributed by atoms with E-state index in [0.29, 0.717) is 28.1 Å². The van der Waals surface area contributed by atoms with Crippen LogP contribution in [-0.4, -0.2) is 39.0 Å². The number of H-pyrrole nitrogens is 1. The summed E-state index contributed by atoms with van der Waals surface area (Å²) in [5, 5.41) is 18.1. The first-order valence-electron chi connectivity index (χ1n) is 12.6. The average Bonchev–Trinajstić information content (AvgIpc) is 3.32. The lowest BCUT2D eigenvalue weighted by atomic mass is 9.98. The average molecular weight is 563 g/mol. The van der Waals surface area contributed by atoms with E-state index < -0.39 is 10.8 Å². The normalized spacial score (nSPS) is 13.9. The molecule has 200 valence electrons. The van der Waals surface area contributed by atoms with Gasteiger partial charge in [0.15, 0.2) is 5.11 Å². The number of anilines is 2. The van der Waals surface area contributed by atoms with E-state index >= 15 is 0 Å². The molecular formula is C28H27ClN6O3S. The zero-order valence-electron chi connectivity index (χ0n) is 21.5. The highest BCUT2D eigenvalue weighted by molar-refractivity contribution is 7.80. The van der Waals surface area contributed by atoms with Crippen molar-refractivity contribution in [3.8, 4) is 11.4 Å². The number of aromatic nitrogens is 2. The van der Waals surface area contributed by atoms with Crippen LogP contribution in [0.25, 0.3) is 22.4 Å². The molecule has 1 saturated heterocycles. The molecule has 3 N–H and O–H groups in total. The minimum atomic E-state index is -0.526. The van der Waals surface area contributed by atoms with Gasteiger partial charge in [-0.15, -0.1) is 0 Å². The third-order valence-electron chi connectivity index (χ3n) is 6.96. The van der Waals surface area contributed by atoms with Crippen molar-refractivity contribution in [1.29, 1.82) is 0 Å². The van der Waals surface area contributed by atoms with Gasteiger partial charge in [0.1, 0.15) is 11.5 Å². The zero-order chi connectivity index (χ0) is 27.7. The topological polar surface area (TPSA) is 116 Å². The van der Waals surface area contributed by atoms with Crippen molar-refractivity contribution in [2.75, 3.05) is 23.3 Å². The Morgan fingerprint density at radius 2 is 1.87 bits per heavy atom. The van der Waals surface area contributed by atoms with Crippen LogP contribution in [0, 0.1) is 23.0 Å². The van der Waals surface area contributed by atoms with E-state index in [1.165, 1.54) is 6.07 Å². The summed E-state index contributed by atoms with van der Waals surface area (Å²) in [5.74, 6) is 0.782. The summed E-state index contributed by atoms with van der Waals surface area (Å²) in [6, 6.07) is 15.7. The summed E-state index contributed by atoms with van der Waals surface area (Å²) in [5.41, 5.74) is 4.80. The van der Waals surface area contributed by atoms with Gasteiger partial charge in [0, 0.05) is 41.0 Å². The van der Waals surface area contributed by atoms with E-state index in [9.17, 15) is 14.9 Å². The van der Waals surface area contributed by atoms with Gasteiger partial charge in [-0.05, 0) is 92.0 Å². The number of hydrogen-bond acceptors (Lipinski definition) is 6. The second kappa shape index (κ2) is 11.0. The summed E-state index contributed by atoms with van der Waals surface area (Å²) in [4.78, 5) is 34.1. The highest BCUT2D eigenvalue weighted by Crippen LogP contribution is 2.32. The van der Waals surface area contributed by atoms with Crippen LogP contribution in [0.15, 0.2) is 54.6 Å². The number of nitro groups is 1. The molecule has 9 nitrogen and oxygen atoms in total. The fraction of sp³-hybridized carbons (Fsp3) is 0.250. The van der Waals surface area contributed by atoms with E-state index in [4.69, 9.17) is 23.8 Å². The third-order valence-corrected chi connectivity index (χ3v) is 7.58. The van der Waals surface area contributed by atoms with Gasteiger partial charge in [-0.2, -0.15) is 0 Å². The smallest absolute Gasteiger partial charge is 0.293 e. The minimum Gasteiger partial charge on any atom is -0.366 e. The summed E-state index contributed by atoms with van der Waals surface area (Å²) in [6.07, 6.45) is 1.96. The van der Waals surface area contributed by atoms with Crippen molar-refractivity contribution in [2.24, 2.45) is 5.92 Å². The monoisotopic (exact) mass is 562 g/mol. The van der Waals surface area contributed by atoms with Gasteiger partial charge in [-0.1, -0.05) is 18.5 Å². The Morgan fingerprint density at radius 3 is 2.56 bits per heavy atom. The number of rotatable bonds is 5. The molecule has 0 radical (unpaired) electrons. The Balaban J connectivity index is 1.24. The van der Waals surface area contributed by atoms with Crippen molar-refractivity contribution >= 4 is 62.9 Å². The van der Waals surface area contributed by atoms with Crippen LogP contribution < -0.4 is 15.5 Å². The highest BCUT2D eigenvalue weighted by atomic mass is 35.5. The Bertz CT molecular complexity index is 1540. The van der Waals surface area contributed by atoms with Crippen LogP contribution in [0.2, 0.25) is 5.02 Å². The lowest BCUT2D eigenvalue weighted by Crippen LogP contribution is -2.35. The number of halogens is 1. The molecule has 1 aromatic heterocycles. The van der Waals surface area contributed by atoms with Crippen LogP contribution in [0.3, 0.4) is 0 Å². The molecule has 3 aromatic carbocycles. The number of carbonyl (C=O) groups is 1. The van der Waals surface area contributed by atoms with Crippen molar-refractivity contribution in [3.63, 3.8) is 0 Å². The number of aromatic amines is 1. The first kappa shape index (κ1) is 26.6. The lowest BCUT2D eigenvalue weighted by Gasteiger charge is -2.31. The highest BCUT2D eigenvalue weighted by Gasteiger charge is 2.25. The van der Waals surface area contributed by atoms with Crippen LogP contribution >= 0.6 is 23.8 Å². The maximum Gasteiger partial charge on any atom is 0.293 e. The zero-order valence-corrected chi connectivity index (χ0v) is 23.0. The number of aryl methyl sites for hydroxylation is 1. The van der Waals surface area contributed by atoms with E-state index in [0.717, 1.165) is 48.1 Å². The molecule has 0 atom stereocenters. The van der Waals surface area contributed by atoms with Gasteiger partial charge in [0.2, 0.25) is 0 Å². The molecule has 1 aliphatic rings. The fourth-order valence-electron chi connectivity index (χ4n) is 4.65. The van der Waals surface area contributed by atoms with E-state index in [1.807, 2.05) is 48.2 Å². The van der Waals surface area contributed by atoms with Crippen LogP contribution in [0.5, 0.6) is 0 Å². The largest absolute Gasteiger partial charge is 0.366 e. The molecule has 11 heteroatoms. The predicted octanol–water partition coefficient (Wildman–Crippen LogP) is 6.46. The maximum atomic E-state index is 12.8. The van der Waals surface area contributed by atoms with Gasteiger partial charge in [0.05, 0.1) is 16.0 Å². The van der Waals surface area contributed by atoms with E-state index in [2.05, 4.69) is 27.5 Å². The van der Waals surface area contributed by atoms with Crippen molar-refractivity contribution in [2.45, 2.75) is 26.7 Å². The number of hydrogen-bond donors (Lipinski definition) is 3. The number of benzene rings is 3. The number of piperidine rings is 1. The number of imidazole rings is 1. The molecule has 5 rings (SSSR count). The van der Waals surface area contributed by atoms with Crippen molar-refractivity contribution in [1.82, 2.24) is 15.3 Å². The Labute approximate surface area is 235 Å². The van der Waals surface area contributed by atoms with Gasteiger partial charge >= 0.3 is 0 Å². The molecule has 1 amide bonds. The molecule has 0 bridgehead atoms. The summed E-state index contributed by atoms with van der Waals surface area (Å²) in [6.45, 7) is 5.63. The van der Waals surface area contributed by atoms with Gasteiger partial charge in [-0.25, -0.2) is 4.98 Å². The Morgan fingerprint density at radius 1 is 1.15 bits per heavy atom. The number of carbonyl (C=O) groups excluding carboxylic acids is 1. The lowest BCUT2D eigenvalue weighted by molar-refractivity contribution is -0.384. The summed E-state index contributed by atoms with van der Waals surface area (Å²) < 4.78 is 0. The SMILES string of the molecule is Cc1cc2[nH]c(-c3ccc(NC(=S)NC(=O)c4ccc(N5CCC(C)CC5)c([N+](=O)[O-])c4)cc3)nc2cc1Cl. The number of nitrogens with zero attached hydrogens (tertiary/aromatic N) is 3. The molecule has 0 saturated carbocycles. The van der Waals surface area contributed by atoms with Gasteiger partial charge in [0.25, 0.3) is 11.6 Å². The fourth-order valence-corrected chi connectivity index (χ4v) is 5.02. The summed E-state index contributed by atoms with van der Waals surface area (Å²) in [7, 11) is 0. The van der Waals surface area contributed by atoms with Gasteiger partial charge in [-0.3, -0.25) is 20.2 Å². The molecule has 4 aromatic rings. The molecule has 0 spiro atoms. The molecule has 0 unspecified atom stereocenters. The number of thiocarbonyl (C=S) groups is 1. The number of nitrogens with one attached hydrogen (secondary N) is 3. The molecule has 1 aliphatic heterocycles. The first-order chi connectivity index (χ1) is 18.7. The number of fused-ring (bicyclic) bond motifs is 1. The van der Waals surface area contributed by atoms with Crippen LogP contribution in [0.1, 0.15) is 35.7 Å². The van der Waals surface area contributed by atoms with Crippen LogP contribution in [0.4, 0.5) is 17.1 Å². The van der Waals surface area contributed by atoms with E-state index in [1.54, 1.807) is 12.1 Å². The second-order valence-corrected chi connectivity index (χ2v) is 10.6. The predicted molar refractivity (Wildman–Crippen MR) is 159 cm³/mol. The third kappa shape index (κ3) is 5.86. The minimum absolute atomic E-state index is 0.0818. The number of amides is 1. The van der Waals surface area contributed by atoms with Crippen molar-refractivity contribution in [3.05, 3.63) is 80.9 Å². The molecule has 39 heavy (non-hydrogen) atoms. The standard InChI is InChI=1S/C28H27ClN6O3S/c1-16-9-11-34(12-10-16)24-8-5-19(14-25(24)35(37)38)27(36)33-28(39)30-20-6-3-18(4-7-20)26-31-22-13-17(2)21(29)15-23(22)32-26/h3-8,13-16H,9-12H2,1-2H3,(H,31,32)(H2,30,33,36,39). The Hall–Kier alpha value is -4.02. The summed E-state index contributed by atoms with van der Waals surface area (Å²) >= 11 is 11.5. The van der Waals surface area contributed by atoms with Crippen LogP contribution in [-0.2, 0) is 0 Å². The molecule has 0 aliphatic carbocycles. The Kier molecular flexibility index (Phi) is 7.49. The first-order valence-corrected chi connectivity index (χ1v) is 13.4. The second-order valence-electron chi connectivity index (χ2n) is 9.82. The number of nitro benzene ring substituents is 1. The maximum absolute atomic E-state index is 12.8. The molecule has 1 fully saturated rings. The molecule has 2 heterocycles. The molecular weight excluding hydrogens is 536 g/mol. The quantitative estimate of drug-likeness (QED) is 0.145.